The molecule has 0 fully saturated rings. The average Bonchev–Trinajstić information content (AvgIpc) is 2.48. The minimum absolute atomic E-state index is 0.682. The van der Waals surface area contributed by atoms with Gasteiger partial charge in [0, 0.05) is 5.56 Å². The van der Waals surface area contributed by atoms with Gasteiger partial charge in [0.1, 0.15) is 5.75 Å². The molecule has 0 saturated heterocycles. The number of ether oxygens (including phenoxy) is 1. The maximum atomic E-state index is 5.74. The molecule has 0 aliphatic heterocycles. The second-order valence-electron chi connectivity index (χ2n) is 4.46. The molecule has 0 unspecified atom stereocenters. The van der Waals surface area contributed by atoms with E-state index in [2.05, 4.69) is 54.6 Å². The Kier molecular flexibility index (Phi) is 3.20. The molecule has 0 aliphatic rings. The quantitative estimate of drug-likeness (QED) is 0.640. The highest BCUT2D eigenvalue weighted by molar-refractivity contribution is 5.97. The molecule has 1 heteroatoms. The second kappa shape index (κ2) is 5.15. The minimum Gasteiger partial charge on any atom is -0.493 e. The van der Waals surface area contributed by atoms with Crippen molar-refractivity contribution in [1.29, 1.82) is 0 Å². The average molecular weight is 248 g/mol. The lowest BCUT2D eigenvalue weighted by atomic mass is 9.98. The van der Waals surface area contributed by atoms with E-state index in [-0.39, 0.29) is 0 Å². The fourth-order valence-corrected chi connectivity index (χ4v) is 2.43. The van der Waals surface area contributed by atoms with Crippen molar-refractivity contribution in [2.45, 2.75) is 6.92 Å². The molecule has 3 aromatic carbocycles. The van der Waals surface area contributed by atoms with Crippen LogP contribution in [-0.2, 0) is 0 Å². The van der Waals surface area contributed by atoms with Gasteiger partial charge in [-0.3, -0.25) is 0 Å². The molecule has 19 heavy (non-hydrogen) atoms. The van der Waals surface area contributed by atoms with Crippen molar-refractivity contribution >= 4 is 10.8 Å². The van der Waals surface area contributed by atoms with Gasteiger partial charge in [-0.25, -0.2) is 0 Å². The maximum absolute atomic E-state index is 5.74. The smallest absolute Gasteiger partial charge is 0.127 e. The molecule has 0 bridgehead atoms. The summed E-state index contributed by atoms with van der Waals surface area (Å²) in [6.07, 6.45) is 0. The van der Waals surface area contributed by atoms with Crippen LogP contribution in [0.25, 0.3) is 21.9 Å². The highest BCUT2D eigenvalue weighted by Gasteiger charge is 2.08. The Morgan fingerprint density at radius 3 is 2.32 bits per heavy atom. The molecule has 0 atom stereocenters. The van der Waals surface area contributed by atoms with Crippen molar-refractivity contribution in [2.75, 3.05) is 6.61 Å². The molecular formula is C18H16O. The van der Waals surface area contributed by atoms with Crippen molar-refractivity contribution < 1.29 is 4.74 Å². The molecule has 0 heterocycles. The van der Waals surface area contributed by atoms with Crippen LogP contribution in [0, 0.1) is 0 Å². The molecule has 0 aliphatic carbocycles. The maximum Gasteiger partial charge on any atom is 0.127 e. The number of hydrogen-bond donors (Lipinski definition) is 0. The molecule has 0 radical (unpaired) electrons. The summed E-state index contributed by atoms with van der Waals surface area (Å²) in [4.78, 5) is 0. The van der Waals surface area contributed by atoms with Crippen LogP contribution in [0.2, 0.25) is 0 Å². The third-order valence-electron chi connectivity index (χ3n) is 3.27. The normalized spacial score (nSPS) is 10.6. The van der Waals surface area contributed by atoms with E-state index in [1.807, 2.05) is 19.1 Å². The van der Waals surface area contributed by atoms with Crippen molar-refractivity contribution in [3.05, 3.63) is 66.7 Å². The molecule has 0 aromatic heterocycles. The lowest BCUT2D eigenvalue weighted by Gasteiger charge is -2.12. The standard InChI is InChI=1S/C18H16O/c1-2-19-18-13-6-5-11-17(18)16-12-7-9-14-8-3-4-10-15(14)16/h3-13H,2H2,1H3. The summed E-state index contributed by atoms with van der Waals surface area (Å²) in [7, 11) is 0. The van der Waals surface area contributed by atoms with Crippen LogP contribution >= 0.6 is 0 Å². The summed E-state index contributed by atoms with van der Waals surface area (Å²) >= 11 is 0. The summed E-state index contributed by atoms with van der Waals surface area (Å²) < 4.78 is 5.74. The monoisotopic (exact) mass is 248 g/mol. The number of hydrogen-bond acceptors (Lipinski definition) is 1. The molecule has 94 valence electrons. The van der Waals surface area contributed by atoms with Crippen LogP contribution in [0.3, 0.4) is 0 Å². The van der Waals surface area contributed by atoms with E-state index in [0.29, 0.717) is 6.61 Å². The van der Waals surface area contributed by atoms with E-state index in [1.165, 1.54) is 16.3 Å². The zero-order valence-electron chi connectivity index (χ0n) is 11.0. The third kappa shape index (κ3) is 2.19. The lowest BCUT2D eigenvalue weighted by Crippen LogP contribution is -1.94. The minimum atomic E-state index is 0.682. The molecule has 0 saturated carbocycles. The summed E-state index contributed by atoms with van der Waals surface area (Å²) in [5, 5.41) is 2.52. The van der Waals surface area contributed by atoms with Crippen LogP contribution in [0.1, 0.15) is 6.92 Å². The van der Waals surface area contributed by atoms with Gasteiger partial charge >= 0.3 is 0 Å². The molecule has 1 nitrogen and oxygen atoms in total. The van der Waals surface area contributed by atoms with Crippen LogP contribution in [0.15, 0.2) is 66.7 Å². The second-order valence-corrected chi connectivity index (χ2v) is 4.46. The zero-order chi connectivity index (χ0) is 13.1. The molecular weight excluding hydrogens is 232 g/mol. The lowest BCUT2D eigenvalue weighted by molar-refractivity contribution is 0.341. The SMILES string of the molecule is CCOc1ccccc1-c1cccc2ccccc12. The van der Waals surface area contributed by atoms with E-state index in [0.717, 1.165) is 11.3 Å². The number of fused-ring (bicyclic) bond motifs is 1. The highest BCUT2D eigenvalue weighted by Crippen LogP contribution is 2.34. The predicted molar refractivity (Wildman–Crippen MR) is 80.6 cm³/mol. The Hall–Kier alpha value is -2.28. The number of benzene rings is 3. The van der Waals surface area contributed by atoms with Crippen molar-refractivity contribution in [1.82, 2.24) is 0 Å². The highest BCUT2D eigenvalue weighted by atomic mass is 16.5. The van der Waals surface area contributed by atoms with Crippen molar-refractivity contribution in [3.63, 3.8) is 0 Å². The largest absolute Gasteiger partial charge is 0.493 e. The van der Waals surface area contributed by atoms with Crippen LogP contribution < -0.4 is 4.74 Å². The first-order valence-electron chi connectivity index (χ1n) is 6.60. The third-order valence-corrected chi connectivity index (χ3v) is 3.27. The first kappa shape index (κ1) is 11.8. The van der Waals surface area contributed by atoms with Crippen LogP contribution in [-0.4, -0.2) is 6.61 Å². The topological polar surface area (TPSA) is 9.23 Å². The van der Waals surface area contributed by atoms with Gasteiger partial charge in [0.25, 0.3) is 0 Å². The fraction of sp³-hybridized carbons (Fsp3) is 0.111. The van der Waals surface area contributed by atoms with Gasteiger partial charge in [-0.05, 0) is 29.3 Å². The first-order chi connectivity index (χ1) is 9.40. The van der Waals surface area contributed by atoms with Gasteiger partial charge in [0.2, 0.25) is 0 Å². The Balaban J connectivity index is 2.25. The van der Waals surface area contributed by atoms with Gasteiger partial charge in [-0.2, -0.15) is 0 Å². The molecule has 3 aromatic rings. The zero-order valence-corrected chi connectivity index (χ0v) is 11.0. The van der Waals surface area contributed by atoms with Crippen LogP contribution in [0.4, 0.5) is 0 Å². The first-order valence-corrected chi connectivity index (χ1v) is 6.60. The Bertz CT molecular complexity index is 695. The van der Waals surface area contributed by atoms with E-state index in [1.54, 1.807) is 0 Å². The molecule has 0 spiro atoms. The Morgan fingerprint density at radius 2 is 1.42 bits per heavy atom. The van der Waals surface area contributed by atoms with E-state index in [9.17, 15) is 0 Å². The van der Waals surface area contributed by atoms with E-state index in [4.69, 9.17) is 4.74 Å². The number of rotatable bonds is 3. The summed E-state index contributed by atoms with van der Waals surface area (Å²) in [6, 6.07) is 23.1. The molecule has 0 N–H and O–H groups in total. The van der Waals surface area contributed by atoms with Crippen molar-refractivity contribution in [3.8, 4) is 16.9 Å². The van der Waals surface area contributed by atoms with E-state index < -0.39 is 0 Å². The van der Waals surface area contributed by atoms with Gasteiger partial charge < -0.3 is 4.74 Å². The Morgan fingerprint density at radius 1 is 0.737 bits per heavy atom. The number of para-hydroxylation sites is 1. The summed E-state index contributed by atoms with van der Waals surface area (Å²) in [5.41, 5.74) is 2.38. The fourth-order valence-electron chi connectivity index (χ4n) is 2.43. The van der Waals surface area contributed by atoms with E-state index >= 15 is 0 Å². The Labute approximate surface area is 113 Å². The molecule has 0 amide bonds. The van der Waals surface area contributed by atoms with Gasteiger partial charge in [-0.1, -0.05) is 60.7 Å². The molecule has 3 rings (SSSR count). The summed E-state index contributed by atoms with van der Waals surface area (Å²) in [6.45, 7) is 2.70. The van der Waals surface area contributed by atoms with Crippen LogP contribution in [0.5, 0.6) is 5.75 Å². The van der Waals surface area contributed by atoms with Gasteiger partial charge in [-0.15, -0.1) is 0 Å². The van der Waals surface area contributed by atoms with Gasteiger partial charge in [0.15, 0.2) is 0 Å². The van der Waals surface area contributed by atoms with Crippen molar-refractivity contribution in [2.24, 2.45) is 0 Å². The van der Waals surface area contributed by atoms with Gasteiger partial charge in [0.05, 0.1) is 6.61 Å². The predicted octanol–water partition coefficient (Wildman–Crippen LogP) is 4.91. The summed E-state index contributed by atoms with van der Waals surface area (Å²) in [5.74, 6) is 0.946.